The zero-order valence-corrected chi connectivity index (χ0v) is 13.0. The smallest absolute Gasteiger partial charge is 0.311 e. The fraction of sp³-hybridized carbons (Fsp3) is 0.353. The first-order valence-corrected chi connectivity index (χ1v) is 8.12. The summed E-state index contributed by atoms with van der Waals surface area (Å²) in [5.41, 5.74) is 0. The van der Waals surface area contributed by atoms with Gasteiger partial charge in [0.15, 0.2) is 0 Å². The van der Waals surface area contributed by atoms with Crippen LogP contribution in [0.5, 0.6) is 11.5 Å². The van der Waals surface area contributed by atoms with Crippen LogP contribution in [0.1, 0.15) is 31.1 Å². The van der Waals surface area contributed by atoms with Crippen LogP contribution < -0.4 is 9.47 Å². The van der Waals surface area contributed by atoms with Crippen molar-refractivity contribution >= 4 is 17.3 Å². The van der Waals surface area contributed by atoms with E-state index >= 15 is 0 Å². The predicted molar refractivity (Wildman–Crippen MR) is 85.1 cm³/mol. The second kappa shape index (κ2) is 8.47. The molecule has 2 rings (SSSR count). The van der Waals surface area contributed by atoms with Crippen molar-refractivity contribution in [2.75, 3.05) is 6.61 Å². The first kappa shape index (κ1) is 15.6. The number of hydrogen-bond donors (Lipinski definition) is 0. The van der Waals surface area contributed by atoms with Crippen LogP contribution >= 0.6 is 11.3 Å². The minimum Gasteiger partial charge on any atom is -0.494 e. The van der Waals surface area contributed by atoms with Gasteiger partial charge in [0.2, 0.25) is 0 Å². The molecule has 4 heteroatoms. The molecule has 0 radical (unpaired) electrons. The Kier molecular flexibility index (Phi) is 6.28. The van der Waals surface area contributed by atoms with Crippen LogP contribution in [-0.2, 0) is 11.2 Å². The molecule has 1 aromatic carbocycles. The number of thiophene rings is 1. The molecule has 0 N–H and O–H groups in total. The Labute approximate surface area is 129 Å². The van der Waals surface area contributed by atoms with E-state index in [1.54, 1.807) is 23.5 Å². The van der Waals surface area contributed by atoms with Crippen molar-refractivity contribution < 1.29 is 14.3 Å². The van der Waals surface area contributed by atoms with Gasteiger partial charge in [0.25, 0.3) is 0 Å². The highest BCUT2D eigenvalue weighted by molar-refractivity contribution is 7.09. The Morgan fingerprint density at radius 3 is 2.57 bits per heavy atom. The Balaban J connectivity index is 1.71. The quantitative estimate of drug-likeness (QED) is 0.533. The maximum Gasteiger partial charge on any atom is 0.311 e. The van der Waals surface area contributed by atoms with Crippen molar-refractivity contribution in [2.24, 2.45) is 0 Å². The van der Waals surface area contributed by atoms with Crippen molar-refractivity contribution in [3.05, 3.63) is 46.7 Å². The van der Waals surface area contributed by atoms with Crippen molar-refractivity contribution in [3.8, 4) is 11.5 Å². The highest BCUT2D eigenvalue weighted by Gasteiger charge is 2.05. The van der Waals surface area contributed by atoms with Crippen molar-refractivity contribution in [2.45, 2.75) is 32.6 Å². The fourth-order valence-electron chi connectivity index (χ4n) is 1.87. The van der Waals surface area contributed by atoms with E-state index in [4.69, 9.17) is 9.47 Å². The van der Waals surface area contributed by atoms with Gasteiger partial charge in [0, 0.05) is 11.3 Å². The van der Waals surface area contributed by atoms with Gasteiger partial charge in [0.05, 0.1) is 6.61 Å². The topological polar surface area (TPSA) is 35.5 Å². The lowest BCUT2D eigenvalue weighted by molar-refractivity contribution is -0.134. The van der Waals surface area contributed by atoms with Gasteiger partial charge in [-0.3, -0.25) is 4.79 Å². The minimum atomic E-state index is -0.186. The molecule has 1 heterocycles. The monoisotopic (exact) mass is 304 g/mol. The molecule has 0 spiro atoms. The number of rotatable bonds is 8. The van der Waals surface area contributed by atoms with Crippen LogP contribution in [0.25, 0.3) is 0 Å². The molecular weight excluding hydrogens is 284 g/mol. The zero-order chi connectivity index (χ0) is 14.9. The van der Waals surface area contributed by atoms with Crippen LogP contribution in [0.3, 0.4) is 0 Å². The molecule has 112 valence electrons. The summed E-state index contributed by atoms with van der Waals surface area (Å²) in [4.78, 5) is 13.1. The lowest BCUT2D eigenvalue weighted by Gasteiger charge is -2.07. The zero-order valence-electron chi connectivity index (χ0n) is 12.2. The van der Waals surface area contributed by atoms with Gasteiger partial charge >= 0.3 is 5.97 Å². The molecule has 0 saturated carbocycles. The maximum absolute atomic E-state index is 11.7. The highest BCUT2D eigenvalue weighted by atomic mass is 32.1. The average molecular weight is 304 g/mol. The van der Waals surface area contributed by atoms with Gasteiger partial charge in [-0.1, -0.05) is 13.0 Å². The van der Waals surface area contributed by atoms with Gasteiger partial charge in [0.1, 0.15) is 11.5 Å². The number of ether oxygens (including phenoxy) is 2. The summed E-state index contributed by atoms with van der Waals surface area (Å²) < 4.78 is 10.8. The summed E-state index contributed by atoms with van der Waals surface area (Å²) in [5.74, 6) is 1.18. The molecule has 0 atom stereocenters. The van der Waals surface area contributed by atoms with Gasteiger partial charge in [-0.05, 0) is 55.0 Å². The Hall–Kier alpha value is -1.81. The van der Waals surface area contributed by atoms with Crippen LogP contribution in [0.15, 0.2) is 41.8 Å². The average Bonchev–Trinajstić information content (AvgIpc) is 3.00. The normalized spacial score (nSPS) is 10.3. The molecule has 0 aliphatic heterocycles. The molecule has 0 aliphatic rings. The lowest BCUT2D eigenvalue weighted by atomic mass is 10.2. The van der Waals surface area contributed by atoms with E-state index in [2.05, 4.69) is 18.4 Å². The summed E-state index contributed by atoms with van der Waals surface area (Å²) in [5, 5.41) is 2.05. The minimum absolute atomic E-state index is 0.186. The summed E-state index contributed by atoms with van der Waals surface area (Å²) in [6, 6.07) is 11.3. The third kappa shape index (κ3) is 5.60. The first-order valence-electron chi connectivity index (χ1n) is 7.24. The number of hydrogen-bond acceptors (Lipinski definition) is 4. The number of esters is 1. The Bertz CT molecular complexity index is 532. The Morgan fingerprint density at radius 2 is 1.90 bits per heavy atom. The lowest BCUT2D eigenvalue weighted by Crippen LogP contribution is -2.07. The molecule has 0 bridgehead atoms. The molecule has 0 amide bonds. The van der Waals surface area contributed by atoms with Gasteiger partial charge in [-0.15, -0.1) is 11.3 Å². The van der Waals surface area contributed by atoms with E-state index in [0.29, 0.717) is 18.8 Å². The molecule has 0 aliphatic carbocycles. The number of carbonyl (C=O) groups is 1. The van der Waals surface area contributed by atoms with Crippen LogP contribution in [0, 0.1) is 0 Å². The van der Waals surface area contributed by atoms with E-state index in [-0.39, 0.29) is 5.97 Å². The highest BCUT2D eigenvalue weighted by Crippen LogP contribution is 2.19. The molecule has 1 aromatic heterocycles. The molecule has 3 nitrogen and oxygen atoms in total. The largest absolute Gasteiger partial charge is 0.494 e. The number of aryl methyl sites for hydroxylation is 1. The van der Waals surface area contributed by atoms with Crippen LogP contribution in [-0.4, -0.2) is 12.6 Å². The standard InChI is InChI=1S/C17H20O3S/c1-2-12-19-14-8-10-15(11-9-14)20-17(18)7-3-5-16-6-4-13-21-16/h4,6,8-11,13H,2-3,5,7,12H2,1H3. The fourth-order valence-corrected chi connectivity index (χ4v) is 2.62. The SMILES string of the molecule is CCCOc1ccc(OC(=O)CCCc2cccs2)cc1. The summed E-state index contributed by atoms with van der Waals surface area (Å²) >= 11 is 1.72. The Morgan fingerprint density at radius 1 is 1.14 bits per heavy atom. The van der Waals surface area contributed by atoms with Gasteiger partial charge in [-0.25, -0.2) is 0 Å². The number of benzene rings is 1. The van der Waals surface area contributed by atoms with E-state index < -0.39 is 0 Å². The van der Waals surface area contributed by atoms with E-state index in [1.807, 2.05) is 18.2 Å². The molecular formula is C17H20O3S. The van der Waals surface area contributed by atoms with E-state index in [1.165, 1.54) is 4.88 Å². The summed E-state index contributed by atoms with van der Waals surface area (Å²) in [7, 11) is 0. The van der Waals surface area contributed by atoms with Gasteiger partial charge in [-0.2, -0.15) is 0 Å². The molecule has 0 unspecified atom stereocenters. The summed E-state index contributed by atoms with van der Waals surface area (Å²) in [6.45, 7) is 2.76. The second-order valence-corrected chi connectivity index (χ2v) is 5.76. The molecule has 2 aromatic rings. The number of carbonyl (C=O) groups excluding carboxylic acids is 1. The molecule has 21 heavy (non-hydrogen) atoms. The van der Waals surface area contributed by atoms with Crippen LogP contribution in [0.2, 0.25) is 0 Å². The third-order valence-electron chi connectivity index (χ3n) is 2.91. The van der Waals surface area contributed by atoms with E-state index in [9.17, 15) is 4.79 Å². The predicted octanol–water partition coefficient (Wildman–Crippen LogP) is 4.47. The van der Waals surface area contributed by atoms with Crippen molar-refractivity contribution in [3.63, 3.8) is 0 Å². The van der Waals surface area contributed by atoms with Gasteiger partial charge < -0.3 is 9.47 Å². The first-order chi connectivity index (χ1) is 10.3. The second-order valence-electron chi connectivity index (χ2n) is 4.73. The maximum atomic E-state index is 11.7. The third-order valence-corrected chi connectivity index (χ3v) is 3.85. The molecule has 0 saturated heterocycles. The summed E-state index contributed by atoms with van der Waals surface area (Å²) in [6.07, 6.45) is 3.15. The van der Waals surface area contributed by atoms with Crippen LogP contribution in [0.4, 0.5) is 0 Å². The van der Waals surface area contributed by atoms with Crippen molar-refractivity contribution in [1.82, 2.24) is 0 Å². The van der Waals surface area contributed by atoms with E-state index in [0.717, 1.165) is 25.0 Å². The molecule has 0 fully saturated rings. The van der Waals surface area contributed by atoms with Crippen molar-refractivity contribution in [1.29, 1.82) is 0 Å².